The van der Waals surface area contributed by atoms with Gasteiger partial charge in [0.15, 0.2) is 0 Å². The molecule has 19 heavy (non-hydrogen) atoms. The van der Waals surface area contributed by atoms with Gasteiger partial charge in [0.2, 0.25) is 5.95 Å². The molecule has 1 aliphatic rings. The van der Waals surface area contributed by atoms with Crippen molar-refractivity contribution in [2.75, 3.05) is 0 Å². The van der Waals surface area contributed by atoms with Gasteiger partial charge in [-0.2, -0.15) is 4.39 Å². The first kappa shape index (κ1) is 14.4. The third-order valence-electron chi connectivity index (χ3n) is 3.83. The van der Waals surface area contributed by atoms with Gasteiger partial charge in [0, 0.05) is 5.46 Å². The van der Waals surface area contributed by atoms with Crippen LogP contribution in [0.3, 0.4) is 0 Å². The molecule has 6 heteroatoms. The molecule has 0 bridgehead atoms. The van der Waals surface area contributed by atoms with E-state index in [1.807, 2.05) is 27.7 Å². The fourth-order valence-corrected chi connectivity index (χ4v) is 1.96. The van der Waals surface area contributed by atoms with Crippen molar-refractivity contribution in [2.24, 2.45) is 0 Å². The minimum Gasteiger partial charge on any atom is -0.399 e. The summed E-state index contributed by atoms with van der Waals surface area (Å²) < 4.78 is 25.0. The predicted octanol–water partition coefficient (Wildman–Crippen LogP) is 1.57. The zero-order chi connectivity index (χ0) is 14.4. The number of hydrogen-bond donors (Lipinski definition) is 1. The molecular weight excluding hydrogens is 248 g/mol. The maximum absolute atomic E-state index is 13.2. The summed E-state index contributed by atoms with van der Waals surface area (Å²) in [5, 5.41) is 9.71. The van der Waals surface area contributed by atoms with E-state index in [4.69, 9.17) is 9.31 Å². The Kier molecular flexibility index (Phi) is 3.45. The number of aromatic nitrogens is 1. The molecule has 2 heterocycles. The lowest BCUT2D eigenvalue weighted by atomic mass is 9.77. The lowest BCUT2D eigenvalue weighted by Crippen LogP contribution is -2.41. The van der Waals surface area contributed by atoms with Gasteiger partial charge in [0.1, 0.15) is 0 Å². The molecule has 4 nitrogen and oxygen atoms in total. The van der Waals surface area contributed by atoms with Crippen LogP contribution in [0.25, 0.3) is 0 Å². The summed E-state index contributed by atoms with van der Waals surface area (Å²) in [4.78, 5) is 3.74. The zero-order valence-electron chi connectivity index (χ0n) is 11.9. The Bertz CT molecular complexity index is 475. The maximum Gasteiger partial charge on any atom is 0.496 e. The molecule has 1 atom stereocenters. The van der Waals surface area contributed by atoms with Crippen LogP contribution in [-0.4, -0.2) is 28.4 Å². The Hall–Kier alpha value is -0.975. The number of pyridine rings is 1. The van der Waals surface area contributed by atoms with Gasteiger partial charge in [-0.25, -0.2) is 4.98 Å². The van der Waals surface area contributed by atoms with Crippen LogP contribution in [0.15, 0.2) is 12.1 Å². The average Bonchev–Trinajstić information content (AvgIpc) is 2.47. The first-order chi connectivity index (χ1) is 8.64. The second kappa shape index (κ2) is 4.54. The second-order valence-corrected chi connectivity index (χ2v) is 5.87. The van der Waals surface area contributed by atoms with E-state index in [9.17, 15) is 9.50 Å². The molecule has 0 radical (unpaired) electrons. The van der Waals surface area contributed by atoms with Crippen molar-refractivity contribution in [1.29, 1.82) is 0 Å². The number of rotatable bonds is 2. The van der Waals surface area contributed by atoms with Crippen LogP contribution in [0.5, 0.6) is 0 Å². The molecule has 1 N–H and O–H groups in total. The summed E-state index contributed by atoms with van der Waals surface area (Å²) in [6.07, 6.45) is -0.885. The fourth-order valence-electron chi connectivity index (χ4n) is 1.96. The molecule has 1 fully saturated rings. The van der Waals surface area contributed by atoms with Crippen LogP contribution in [-0.2, 0) is 9.31 Å². The van der Waals surface area contributed by atoms with Crippen molar-refractivity contribution >= 4 is 12.6 Å². The minimum atomic E-state index is -0.885. The van der Waals surface area contributed by atoms with Gasteiger partial charge < -0.3 is 14.4 Å². The van der Waals surface area contributed by atoms with Crippen LogP contribution in [0.2, 0.25) is 0 Å². The molecule has 0 aliphatic carbocycles. The lowest BCUT2D eigenvalue weighted by Gasteiger charge is -2.32. The topological polar surface area (TPSA) is 51.6 Å². The highest BCUT2D eigenvalue weighted by molar-refractivity contribution is 6.62. The van der Waals surface area contributed by atoms with Crippen molar-refractivity contribution in [3.8, 4) is 0 Å². The summed E-state index contributed by atoms with van der Waals surface area (Å²) in [6, 6.07) is 2.79. The van der Waals surface area contributed by atoms with Crippen LogP contribution >= 0.6 is 0 Å². The van der Waals surface area contributed by atoms with E-state index in [1.54, 1.807) is 6.07 Å². The molecule has 0 aromatic carbocycles. The monoisotopic (exact) mass is 267 g/mol. The highest BCUT2D eigenvalue weighted by atomic mass is 19.1. The largest absolute Gasteiger partial charge is 0.496 e. The smallest absolute Gasteiger partial charge is 0.399 e. The van der Waals surface area contributed by atoms with Gasteiger partial charge in [0.05, 0.1) is 23.0 Å². The Morgan fingerprint density at radius 3 is 2.21 bits per heavy atom. The summed E-state index contributed by atoms with van der Waals surface area (Å²) in [6.45, 7) is 9.28. The number of hydrogen-bond acceptors (Lipinski definition) is 4. The maximum atomic E-state index is 13.2. The van der Waals surface area contributed by atoms with E-state index in [1.165, 1.54) is 13.0 Å². The summed E-state index contributed by atoms with van der Waals surface area (Å²) in [5.41, 5.74) is -0.155. The zero-order valence-corrected chi connectivity index (χ0v) is 11.9. The van der Waals surface area contributed by atoms with Gasteiger partial charge >= 0.3 is 7.12 Å². The molecule has 1 saturated heterocycles. The Morgan fingerprint density at radius 1 is 1.21 bits per heavy atom. The van der Waals surface area contributed by atoms with E-state index >= 15 is 0 Å². The molecular formula is C13H19BFNO3. The molecule has 1 unspecified atom stereocenters. The van der Waals surface area contributed by atoms with Crippen LogP contribution < -0.4 is 5.46 Å². The van der Waals surface area contributed by atoms with Crippen molar-refractivity contribution in [1.82, 2.24) is 4.98 Å². The quantitative estimate of drug-likeness (QED) is 0.652. The van der Waals surface area contributed by atoms with Gasteiger partial charge in [-0.15, -0.1) is 0 Å². The van der Waals surface area contributed by atoms with Gasteiger partial charge in [0.25, 0.3) is 0 Å². The molecule has 0 saturated carbocycles. The Balaban J connectivity index is 2.39. The summed E-state index contributed by atoms with van der Waals surface area (Å²) >= 11 is 0. The standard InChI is InChI=1S/C13H19BFNO3/c1-8(17)11-9(6-7-10(15)16-11)14-18-12(2,3)13(4,5)19-14/h6-8,17H,1-5H3. The second-order valence-electron chi connectivity index (χ2n) is 5.87. The van der Waals surface area contributed by atoms with Gasteiger partial charge in [-0.1, -0.05) is 6.07 Å². The first-order valence-corrected chi connectivity index (χ1v) is 6.34. The van der Waals surface area contributed by atoms with Gasteiger partial charge in [-0.3, -0.25) is 0 Å². The van der Waals surface area contributed by atoms with E-state index in [-0.39, 0.29) is 5.69 Å². The Morgan fingerprint density at radius 2 is 1.74 bits per heavy atom. The normalized spacial score (nSPS) is 22.6. The predicted molar refractivity (Wildman–Crippen MR) is 70.5 cm³/mol. The van der Waals surface area contributed by atoms with E-state index < -0.39 is 30.4 Å². The molecule has 1 aliphatic heterocycles. The fraction of sp³-hybridized carbons (Fsp3) is 0.615. The number of aliphatic hydroxyl groups excluding tert-OH is 1. The third kappa shape index (κ3) is 2.52. The first-order valence-electron chi connectivity index (χ1n) is 6.34. The van der Waals surface area contributed by atoms with Crippen molar-refractivity contribution in [3.63, 3.8) is 0 Å². The van der Waals surface area contributed by atoms with Crippen molar-refractivity contribution in [3.05, 3.63) is 23.8 Å². The van der Waals surface area contributed by atoms with Crippen molar-refractivity contribution in [2.45, 2.75) is 51.9 Å². The molecule has 1 aromatic rings. The van der Waals surface area contributed by atoms with Crippen LogP contribution in [0.4, 0.5) is 4.39 Å². The summed E-state index contributed by atoms with van der Waals surface area (Å²) in [7, 11) is -0.650. The average molecular weight is 267 g/mol. The Labute approximate surface area is 113 Å². The molecule has 0 amide bonds. The number of halogens is 1. The third-order valence-corrected chi connectivity index (χ3v) is 3.83. The van der Waals surface area contributed by atoms with Crippen LogP contribution in [0, 0.1) is 5.95 Å². The van der Waals surface area contributed by atoms with E-state index in [0.29, 0.717) is 5.46 Å². The number of aliphatic hydroxyl groups is 1. The van der Waals surface area contributed by atoms with E-state index in [0.717, 1.165) is 0 Å². The van der Waals surface area contributed by atoms with E-state index in [2.05, 4.69) is 4.98 Å². The van der Waals surface area contributed by atoms with Crippen molar-refractivity contribution < 1.29 is 18.8 Å². The SMILES string of the molecule is CC(O)c1nc(F)ccc1B1OC(C)(C)C(C)(C)O1. The molecule has 1 aromatic heterocycles. The minimum absolute atomic E-state index is 0.249. The molecule has 104 valence electrons. The molecule has 0 spiro atoms. The number of nitrogens with zero attached hydrogens (tertiary/aromatic N) is 1. The lowest BCUT2D eigenvalue weighted by molar-refractivity contribution is 0.00578. The highest BCUT2D eigenvalue weighted by Crippen LogP contribution is 2.36. The summed E-state index contributed by atoms with van der Waals surface area (Å²) in [5.74, 6) is -0.629. The van der Waals surface area contributed by atoms with Gasteiger partial charge in [-0.05, 0) is 40.7 Å². The van der Waals surface area contributed by atoms with Crippen LogP contribution in [0.1, 0.15) is 46.4 Å². The highest BCUT2D eigenvalue weighted by Gasteiger charge is 2.52. The molecule has 2 rings (SSSR count).